The SMILES string of the molecule is COc1cc(/C(N)=N/O)ccc1NC(=O)CCC(C)C. The molecule has 0 saturated carbocycles. The third-order valence-corrected chi connectivity index (χ3v) is 2.83. The standard InChI is InChI=1S/C14H21N3O3/c1-9(2)4-7-13(18)16-11-6-5-10(14(15)17-19)8-12(11)20-3/h5-6,8-9,19H,4,7H2,1-3H3,(H2,15,17)(H,16,18). The van der Waals surface area contributed by atoms with Crippen LogP contribution in [0.2, 0.25) is 0 Å². The minimum atomic E-state index is -0.0615. The Morgan fingerprint density at radius 2 is 2.20 bits per heavy atom. The number of nitrogens with zero attached hydrogens (tertiary/aromatic N) is 1. The van der Waals surface area contributed by atoms with Gasteiger partial charge in [-0.05, 0) is 30.5 Å². The van der Waals surface area contributed by atoms with E-state index in [1.165, 1.54) is 7.11 Å². The normalized spacial score (nSPS) is 11.5. The van der Waals surface area contributed by atoms with E-state index in [0.717, 1.165) is 6.42 Å². The summed E-state index contributed by atoms with van der Waals surface area (Å²) in [4.78, 5) is 11.8. The lowest BCUT2D eigenvalue weighted by Crippen LogP contribution is -2.15. The first-order valence-corrected chi connectivity index (χ1v) is 6.43. The Morgan fingerprint density at radius 3 is 2.75 bits per heavy atom. The Hall–Kier alpha value is -2.24. The van der Waals surface area contributed by atoms with Crippen LogP contribution < -0.4 is 15.8 Å². The lowest BCUT2D eigenvalue weighted by atomic mass is 10.1. The molecular formula is C14H21N3O3. The summed E-state index contributed by atoms with van der Waals surface area (Å²) < 4.78 is 5.20. The molecule has 0 fully saturated rings. The molecule has 1 aromatic carbocycles. The van der Waals surface area contributed by atoms with Crippen molar-refractivity contribution in [3.8, 4) is 5.75 Å². The first-order chi connectivity index (χ1) is 9.47. The number of methoxy groups -OCH3 is 1. The van der Waals surface area contributed by atoms with Crippen LogP contribution in [0.3, 0.4) is 0 Å². The van der Waals surface area contributed by atoms with Gasteiger partial charge in [0, 0.05) is 12.0 Å². The zero-order chi connectivity index (χ0) is 15.1. The topological polar surface area (TPSA) is 96.9 Å². The number of nitrogens with one attached hydrogen (secondary N) is 1. The predicted molar refractivity (Wildman–Crippen MR) is 78.2 cm³/mol. The number of carbonyl (C=O) groups is 1. The van der Waals surface area contributed by atoms with Crippen molar-refractivity contribution in [1.29, 1.82) is 0 Å². The van der Waals surface area contributed by atoms with Gasteiger partial charge in [-0.3, -0.25) is 4.79 Å². The molecule has 0 radical (unpaired) electrons. The van der Waals surface area contributed by atoms with Crippen LogP contribution in [0, 0.1) is 5.92 Å². The third-order valence-electron chi connectivity index (χ3n) is 2.83. The molecule has 0 bridgehead atoms. The van der Waals surface area contributed by atoms with Crippen molar-refractivity contribution >= 4 is 17.4 Å². The Bertz CT molecular complexity index is 498. The Balaban J connectivity index is 2.83. The number of hydrogen-bond acceptors (Lipinski definition) is 4. The number of amides is 1. The monoisotopic (exact) mass is 279 g/mol. The molecule has 0 atom stereocenters. The summed E-state index contributed by atoms with van der Waals surface area (Å²) in [5.41, 5.74) is 6.59. The minimum absolute atomic E-state index is 0.0130. The second-order valence-corrected chi connectivity index (χ2v) is 4.88. The van der Waals surface area contributed by atoms with Gasteiger partial charge in [-0.2, -0.15) is 0 Å². The highest BCUT2D eigenvalue weighted by Gasteiger charge is 2.10. The van der Waals surface area contributed by atoms with Gasteiger partial charge in [0.15, 0.2) is 5.84 Å². The first-order valence-electron chi connectivity index (χ1n) is 6.43. The summed E-state index contributed by atoms with van der Waals surface area (Å²) in [5.74, 6) is 0.868. The quantitative estimate of drug-likeness (QED) is 0.322. The molecule has 0 heterocycles. The van der Waals surface area contributed by atoms with Crippen molar-refractivity contribution in [2.45, 2.75) is 26.7 Å². The Kier molecular flexibility index (Phi) is 5.83. The predicted octanol–water partition coefficient (Wildman–Crippen LogP) is 2.16. The van der Waals surface area contributed by atoms with Gasteiger partial charge < -0.3 is 21.0 Å². The number of nitrogens with two attached hydrogens (primary N) is 1. The van der Waals surface area contributed by atoms with Crippen LogP contribution in [-0.4, -0.2) is 24.1 Å². The van der Waals surface area contributed by atoms with Crippen molar-refractivity contribution < 1.29 is 14.7 Å². The largest absolute Gasteiger partial charge is 0.495 e. The van der Waals surface area contributed by atoms with Crippen molar-refractivity contribution in [2.75, 3.05) is 12.4 Å². The number of ether oxygens (including phenoxy) is 1. The van der Waals surface area contributed by atoms with Crippen LogP contribution in [0.4, 0.5) is 5.69 Å². The maximum atomic E-state index is 11.8. The van der Waals surface area contributed by atoms with E-state index >= 15 is 0 Å². The molecule has 6 nitrogen and oxygen atoms in total. The zero-order valence-electron chi connectivity index (χ0n) is 12.0. The van der Waals surface area contributed by atoms with Crippen LogP contribution in [-0.2, 0) is 4.79 Å². The van der Waals surface area contributed by atoms with Gasteiger partial charge in [0.05, 0.1) is 12.8 Å². The molecule has 0 aliphatic heterocycles. The van der Waals surface area contributed by atoms with Gasteiger partial charge in [-0.25, -0.2) is 0 Å². The lowest BCUT2D eigenvalue weighted by molar-refractivity contribution is -0.116. The van der Waals surface area contributed by atoms with Crippen molar-refractivity contribution in [1.82, 2.24) is 0 Å². The molecule has 0 aromatic heterocycles. The summed E-state index contributed by atoms with van der Waals surface area (Å²) in [6, 6.07) is 4.92. The van der Waals surface area contributed by atoms with Crippen LogP contribution in [0.5, 0.6) is 5.75 Å². The summed E-state index contributed by atoms with van der Waals surface area (Å²) >= 11 is 0. The molecule has 0 spiro atoms. The second kappa shape index (κ2) is 7.37. The molecule has 0 aliphatic rings. The molecular weight excluding hydrogens is 258 g/mol. The highest BCUT2D eigenvalue weighted by Crippen LogP contribution is 2.26. The van der Waals surface area contributed by atoms with Gasteiger partial charge in [-0.15, -0.1) is 0 Å². The Labute approximate surface area is 118 Å². The fourth-order valence-electron chi connectivity index (χ4n) is 1.64. The number of anilines is 1. The Morgan fingerprint density at radius 1 is 1.50 bits per heavy atom. The second-order valence-electron chi connectivity index (χ2n) is 4.88. The molecule has 1 aromatic rings. The van der Waals surface area contributed by atoms with E-state index in [4.69, 9.17) is 15.7 Å². The fraction of sp³-hybridized carbons (Fsp3) is 0.429. The van der Waals surface area contributed by atoms with Gasteiger partial charge in [0.2, 0.25) is 5.91 Å². The third kappa shape index (κ3) is 4.46. The minimum Gasteiger partial charge on any atom is -0.495 e. The fourth-order valence-corrected chi connectivity index (χ4v) is 1.64. The first kappa shape index (κ1) is 15.8. The van der Waals surface area contributed by atoms with Crippen molar-refractivity contribution in [2.24, 2.45) is 16.8 Å². The van der Waals surface area contributed by atoms with Gasteiger partial charge in [0.1, 0.15) is 5.75 Å². The average Bonchev–Trinajstić information content (AvgIpc) is 2.44. The van der Waals surface area contributed by atoms with Gasteiger partial charge in [-0.1, -0.05) is 19.0 Å². The molecule has 0 aliphatic carbocycles. The van der Waals surface area contributed by atoms with Crippen molar-refractivity contribution in [3.05, 3.63) is 23.8 Å². The molecule has 4 N–H and O–H groups in total. The number of rotatable bonds is 6. The number of oxime groups is 1. The summed E-state index contributed by atoms with van der Waals surface area (Å²) in [6.07, 6.45) is 1.29. The van der Waals surface area contributed by atoms with Gasteiger partial charge >= 0.3 is 0 Å². The maximum absolute atomic E-state index is 11.8. The molecule has 110 valence electrons. The van der Waals surface area contributed by atoms with E-state index in [9.17, 15) is 4.79 Å². The van der Waals surface area contributed by atoms with E-state index < -0.39 is 0 Å². The summed E-state index contributed by atoms with van der Waals surface area (Å²) in [5, 5.41) is 14.4. The molecule has 1 rings (SSSR count). The van der Waals surface area contributed by atoms with Crippen LogP contribution in [0.15, 0.2) is 23.4 Å². The van der Waals surface area contributed by atoms with Crippen molar-refractivity contribution in [3.63, 3.8) is 0 Å². The smallest absolute Gasteiger partial charge is 0.224 e. The van der Waals surface area contributed by atoms with Crippen LogP contribution in [0.25, 0.3) is 0 Å². The molecule has 0 saturated heterocycles. The number of carbonyl (C=O) groups excluding carboxylic acids is 1. The zero-order valence-corrected chi connectivity index (χ0v) is 12.0. The highest BCUT2D eigenvalue weighted by molar-refractivity contribution is 5.99. The lowest BCUT2D eigenvalue weighted by Gasteiger charge is -2.12. The summed E-state index contributed by atoms with van der Waals surface area (Å²) in [7, 11) is 1.50. The van der Waals surface area contributed by atoms with E-state index in [0.29, 0.717) is 29.3 Å². The number of benzene rings is 1. The molecule has 0 unspecified atom stereocenters. The molecule has 20 heavy (non-hydrogen) atoms. The average molecular weight is 279 g/mol. The van der Waals surface area contributed by atoms with Gasteiger partial charge in [0.25, 0.3) is 0 Å². The van der Waals surface area contributed by atoms with E-state index in [1.807, 2.05) is 0 Å². The molecule has 6 heteroatoms. The summed E-state index contributed by atoms with van der Waals surface area (Å²) in [6.45, 7) is 4.14. The van der Waals surface area contributed by atoms with E-state index in [1.54, 1.807) is 18.2 Å². The molecule has 1 amide bonds. The van der Waals surface area contributed by atoms with Crippen LogP contribution in [0.1, 0.15) is 32.3 Å². The number of hydrogen-bond donors (Lipinski definition) is 3. The highest BCUT2D eigenvalue weighted by atomic mass is 16.5. The number of amidine groups is 1. The maximum Gasteiger partial charge on any atom is 0.224 e. The van der Waals surface area contributed by atoms with E-state index in [2.05, 4.69) is 24.3 Å². The van der Waals surface area contributed by atoms with Crippen LogP contribution >= 0.6 is 0 Å². The van der Waals surface area contributed by atoms with E-state index in [-0.39, 0.29) is 11.7 Å².